The Morgan fingerprint density at radius 3 is 2.80 bits per heavy atom. The van der Waals surface area contributed by atoms with E-state index in [0.717, 1.165) is 6.20 Å². The van der Waals surface area contributed by atoms with E-state index in [1.165, 1.54) is 6.07 Å². The lowest BCUT2D eigenvalue weighted by Crippen LogP contribution is -2.37. The fourth-order valence-electron chi connectivity index (χ4n) is 1.50. The zero-order valence-electron chi connectivity index (χ0n) is 12.3. The number of carbonyl (C=O) groups excluding carboxylic acids is 1. The van der Waals surface area contributed by atoms with Crippen LogP contribution in [-0.2, 0) is 4.74 Å². The molecule has 0 aliphatic heterocycles. The van der Waals surface area contributed by atoms with Crippen molar-refractivity contribution in [1.82, 2.24) is 10.3 Å². The van der Waals surface area contributed by atoms with E-state index < -0.39 is 11.7 Å². The van der Waals surface area contributed by atoms with E-state index in [1.54, 1.807) is 12.3 Å². The summed E-state index contributed by atoms with van der Waals surface area (Å²) in [7, 11) is 0. The molecule has 5 heteroatoms. The first-order valence-electron chi connectivity index (χ1n) is 6.53. The molecule has 4 nitrogen and oxygen atoms in total. The second-order valence-electron chi connectivity index (χ2n) is 5.62. The summed E-state index contributed by atoms with van der Waals surface area (Å²) < 4.78 is 18.1. The highest BCUT2D eigenvalue weighted by atomic mass is 19.1. The molecule has 0 saturated heterocycles. The van der Waals surface area contributed by atoms with Gasteiger partial charge < -0.3 is 10.1 Å². The van der Waals surface area contributed by atoms with Gasteiger partial charge in [0.05, 0.1) is 6.20 Å². The van der Waals surface area contributed by atoms with E-state index in [9.17, 15) is 9.18 Å². The summed E-state index contributed by atoms with van der Waals surface area (Å²) in [5.41, 5.74) is 0.182. The van der Waals surface area contributed by atoms with Crippen LogP contribution < -0.4 is 5.32 Å². The average Bonchev–Trinajstić information content (AvgIpc) is 2.25. The largest absolute Gasteiger partial charge is 0.444 e. The van der Waals surface area contributed by atoms with Crippen molar-refractivity contribution >= 4 is 12.2 Å². The number of pyridine rings is 1. The maximum Gasteiger partial charge on any atom is 0.407 e. The molecule has 1 aromatic heterocycles. The monoisotopic (exact) mass is 280 g/mol. The highest BCUT2D eigenvalue weighted by Crippen LogP contribution is 2.08. The molecule has 1 rings (SSSR count). The maximum absolute atomic E-state index is 12.9. The van der Waals surface area contributed by atoms with E-state index in [4.69, 9.17) is 4.74 Å². The molecule has 0 spiro atoms. The first-order valence-corrected chi connectivity index (χ1v) is 6.53. The molecule has 1 amide bonds. The van der Waals surface area contributed by atoms with Gasteiger partial charge in [0.1, 0.15) is 11.4 Å². The number of rotatable bonds is 4. The minimum atomic E-state index is -0.507. The summed E-state index contributed by atoms with van der Waals surface area (Å²) in [6.45, 7) is 7.31. The van der Waals surface area contributed by atoms with Crippen molar-refractivity contribution in [1.29, 1.82) is 0 Å². The number of halogens is 1. The number of hydrogen-bond donors (Lipinski definition) is 1. The van der Waals surface area contributed by atoms with Crippen LogP contribution in [-0.4, -0.2) is 22.7 Å². The molecule has 0 bridgehead atoms. The third-order valence-electron chi connectivity index (χ3n) is 2.29. The van der Waals surface area contributed by atoms with Gasteiger partial charge in [-0.05, 0) is 45.7 Å². The van der Waals surface area contributed by atoms with Crippen LogP contribution in [0.15, 0.2) is 24.5 Å². The van der Waals surface area contributed by atoms with Gasteiger partial charge in [-0.3, -0.25) is 4.98 Å². The first-order chi connectivity index (χ1) is 9.26. The van der Waals surface area contributed by atoms with Gasteiger partial charge in [0.25, 0.3) is 0 Å². The van der Waals surface area contributed by atoms with Crippen LogP contribution in [0.4, 0.5) is 9.18 Å². The number of carbonyl (C=O) groups is 1. The predicted octanol–water partition coefficient (Wildman–Crippen LogP) is 3.54. The highest BCUT2D eigenvalue weighted by molar-refractivity contribution is 5.68. The van der Waals surface area contributed by atoms with Gasteiger partial charge in [0.15, 0.2) is 0 Å². The van der Waals surface area contributed by atoms with Gasteiger partial charge in [-0.25, -0.2) is 9.18 Å². The van der Waals surface area contributed by atoms with Crippen molar-refractivity contribution in [3.8, 4) is 0 Å². The van der Waals surface area contributed by atoms with Gasteiger partial charge >= 0.3 is 6.09 Å². The molecular weight excluding hydrogens is 259 g/mol. The number of ether oxygens (including phenoxy) is 1. The molecule has 110 valence electrons. The van der Waals surface area contributed by atoms with Crippen molar-refractivity contribution in [2.75, 3.05) is 0 Å². The fraction of sp³-hybridized carbons (Fsp3) is 0.467. The van der Waals surface area contributed by atoms with Crippen LogP contribution in [0.2, 0.25) is 0 Å². The molecular formula is C15H21FN2O2. The van der Waals surface area contributed by atoms with Crippen molar-refractivity contribution in [3.63, 3.8) is 0 Å². The molecule has 1 atom stereocenters. The van der Waals surface area contributed by atoms with E-state index in [-0.39, 0.29) is 11.9 Å². The minimum Gasteiger partial charge on any atom is -0.444 e. The van der Waals surface area contributed by atoms with Crippen LogP contribution in [0.1, 0.15) is 39.7 Å². The summed E-state index contributed by atoms with van der Waals surface area (Å²) >= 11 is 0. The zero-order valence-corrected chi connectivity index (χ0v) is 12.3. The van der Waals surface area contributed by atoms with Crippen molar-refractivity contribution in [2.45, 2.75) is 45.8 Å². The van der Waals surface area contributed by atoms with Gasteiger partial charge in [-0.15, -0.1) is 0 Å². The second-order valence-corrected chi connectivity index (χ2v) is 5.62. The van der Waals surface area contributed by atoms with E-state index in [1.807, 2.05) is 33.8 Å². The molecule has 1 aromatic rings. The molecule has 0 aromatic carbocycles. The Hall–Kier alpha value is -1.91. The molecule has 0 aliphatic carbocycles. The first kappa shape index (κ1) is 16.1. The molecule has 20 heavy (non-hydrogen) atoms. The normalized spacial score (nSPS) is 13.2. The van der Waals surface area contributed by atoms with E-state index in [0.29, 0.717) is 12.0 Å². The molecule has 0 fully saturated rings. The third kappa shape index (κ3) is 6.87. The van der Waals surface area contributed by atoms with Crippen LogP contribution in [0.5, 0.6) is 0 Å². The zero-order chi connectivity index (χ0) is 15.2. The van der Waals surface area contributed by atoms with Gasteiger partial charge in [-0.2, -0.15) is 0 Å². The Bertz CT molecular complexity index is 481. The average molecular weight is 280 g/mol. The van der Waals surface area contributed by atoms with Gasteiger partial charge in [-0.1, -0.05) is 12.2 Å². The molecule has 0 radical (unpaired) electrons. The summed E-state index contributed by atoms with van der Waals surface area (Å²) in [5, 5.41) is 2.73. The fourth-order valence-corrected chi connectivity index (χ4v) is 1.50. The van der Waals surface area contributed by atoms with Gasteiger partial charge in [0, 0.05) is 12.2 Å². The standard InChI is InChI=1S/C15H21FN2O2/c1-11(18-14(19)20-15(2,3)4)6-5-7-12-8-13(16)10-17-9-12/h5,7-11H,6H2,1-4H3,(H,18,19)/b7-5+/t11-/m0/s1. The Kier molecular flexibility index (Phi) is 5.67. The highest BCUT2D eigenvalue weighted by Gasteiger charge is 2.16. The van der Waals surface area contributed by atoms with E-state index in [2.05, 4.69) is 10.3 Å². The SMILES string of the molecule is C[C@@H](C/C=C/c1cncc(F)c1)NC(=O)OC(C)(C)C. The summed E-state index contributed by atoms with van der Waals surface area (Å²) in [6, 6.07) is 1.33. The third-order valence-corrected chi connectivity index (χ3v) is 2.29. The Balaban J connectivity index is 2.40. The molecule has 1 N–H and O–H groups in total. The second kappa shape index (κ2) is 7.03. The Morgan fingerprint density at radius 2 is 2.20 bits per heavy atom. The van der Waals surface area contributed by atoms with Crippen molar-refractivity contribution in [3.05, 3.63) is 35.9 Å². The topological polar surface area (TPSA) is 51.2 Å². The lowest BCUT2D eigenvalue weighted by atomic mass is 10.2. The van der Waals surface area contributed by atoms with Crippen LogP contribution in [0, 0.1) is 5.82 Å². The summed E-state index contributed by atoms with van der Waals surface area (Å²) in [5.74, 6) is -0.368. The van der Waals surface area contributed by atoms with Crippen molar-refractivity contribution < 1.29 is 13.9 Å². The van der Waals surface area contributed by atoms with Crippen LogP contribution in [0.3, 0.4) is 0 Å². The summed E-state index contributed by atoms with van der Waals surface area (Å²) in [6.07, 6.45) is 6.54. The minimum absolute atomic E-state index is 0.0670. The number of hydrogen-bond acceptors (Lipinski definition) is 3. The predicted molar refractivity (Wildman–Crippen MR) is 76.7 cm³/mol. The summed E-state index contributed by atoms with van der Waals surface area (Å²) in [4.78, 5) is 15.3. The molecule has 1 heterocycles. The Labute approximate surface area is 119 Å². The van der Waals surface area contributed by atoms with Crippen LogP contribution in [0.25, 0.3) is 6.08 Å². The van der Waals surface area contributed by atoms with E-state index >= 15 is 0 Å². The number of nitrogens with one attached hydrogen (secondary N) is 1. The number of aromatic nitrogens is 1. The quantitative estimate of drug-likeness (QED) is 0.917. The number of alkyl carbamates (subject to hydrolysis) is 1. The maximum atomic E-state index is 12.9. The number of nitrogens with zero attached hydrogens (tertiary/aromatic N) is 1. The van der Waals surface area contributed by atoms with Crippen molar-refractivity contribution in [2.24, 2.45) is 0 Å². The van der Waals surface area contributed by atoms with Crippen LogP contribution >= 0.6 is 0 Å². The molecule has 0 unspecified atom stereocenters. The Morgan fingerprint density at radius 1 is 1.50 bits per heavy atom. The smallest absolute Gasteiger partial charge is 0.407 e. The van der Waals surface area contributed by atoms with Gasteiger partial charge in [0.2, 0.25) is 0 Å². The molecule has 0 aliphatic rings. The molecule has 0 saturated carbocycles. The number of amides is 1. The lowest BCUT2D eigenvalue weighted by Gasteiger charge is -2.21. The lowest BCUT2D eigenvalue weighted by molar-refractivity contribution is 0.0509.